The molecule has 30 heavy (non-hydrogen) atoms. The van der Waals surface area contributed by atoms with Gasteiger partial charge in [-0.3, -0.25) is 9.59 Å². The molecule has 166 valence electrons. The van der Waals surface area contributed by atoms with Crippen molar-refractivity contribution in [1.29, 1.82) is 0 Å². The molecule has 7 nitrogen and oxygen atoms in total. The number of carbonyl (C=O) groups excluding carboxylic acids is 2. The van der Waals surface area contributed by atoms with Gasteiger partial charge in [0.2, 0.25) is 11.8 Å². The third-order valence-electron chi connectivity index (χ3n) is 5.86. The number of ether oxygens (including phenoxy) is 3. The number of nitrogens with zero attached hydrogens (tertiary/aromatic N) is 2. The van der Waals surface area contributed by atoms with Crippen molar-refractivity contribution in [1.82, 2.24) is 9.80 Å². The summed E-state index contributed by atoms with van der Waals surface area (Å²) in [6, 6.07) is 7.25. The summed E-state index contributed by atoms with van der Waals surface area (Å²) in [6.07, 6.45) is 1.84. The van der Waals surface area contributed by atoms with E-state index in [2.05, 4.69) is 0 Å². The van der Waals surface area contributed by atoms with Gasteiger partial charge in [0.1, 0.15) is 12.4 Å². The molecule has 1 aromatic rings. The molecule has 3 rings (SSSR count). The van der Waals surface area contributed by atoms with Crippen LogP contribution in [0.2, 0.25) is 5.02 Å². The molecule has 2 saturated heterocycles. The van der Waals surface area contributed by atoms with Crippen LogP contribution in [0.5, 0.6) is 5.75 Å². The summed E-state index contributed by atoms with van der Waals surface area (Å²) in [4.78, 5) is 29.0. The Hall–Kier alpha value is -1.83. The van der Waals surface area contributed by atoms with Crippen LogP contribution < -0.4 is 4.74 Å². The molecule has 0 atom stereocenters. The molecule has 1 aromatic carbocycles. The van der Waals surface area contributed by atoms with Crippen LogP contribution in [-0.2, 0) is 19.1 Å². The molecule has 2 fully saturated rings. The fourth-order valence-corrected chi connectivity index (χ4v) is 4.02. The van der Waals surface area contributed by atoms with Gasteiger partial charge in [-0.2, -0.15) is 0 Å². The van der Waals surface area contributed by atoms with E-state index in [9.17, 15) is 9.59 Å². The number of benzene rings is 1. The third-order valence-corrected chi connectivity index (χ3v) is 6.11. The maximum atomic E-state index is 13.0. The summed E-state index contributed by atoms with van der Waals surface area (Å²) in [5.41, 5.74) is -0.308. The van der Waals surface area contributed by atoms with Gasteiger partial charge >= 0.3 is 0 Å². The largest absolute Gasteiger partial charge is 0.493 e. The Bertz CT molecular complexity index is 698. The number of hydrogen-bond donors (Lipinski definition) is 0. The molecule has 2 aliphatic rings. The lowest BCUT2D eigenvalue weighted by atomic mass is 9.75. The van der Waals surface area contributed by atoms with Crippen molar-refractivity contribution in [3.63, 3.8) is 0 Å². The molecule has 2 aliphatic heterocycles. The molecule has 0 radical (unpaired) electrons. The van der Waals surface area contributed by atoms with E-state index in [1.54, 1.807) is 12.1 Å². The quantitative estimate of drug-likeness (QED) is 0.624. The standard InChI is InChI=1S/C22H31ClN2O5/c1-2-28-16-21(27)24-9-7-22(8-10-24,15-20(26)25-11-13-29-14-12-25)17-30-19-5-3-18(23)4-6-19/h3-6H,2,7-17H2,1H3. The molecular weight excluding hydrogens is 408 g/mol. The highest BCUT2D eigenvalue weighted by molar-refractivity contribution is 6.30. The van der Waals surface area contributed by atoms with E-state index >= 15 is 0 Å². The van der Waals surface area contributed by atoms with E-state index in [1.807, 2.05) is 28.9 Å². The van der Waals surface area contributed by atoms with Crippen molar-refractivity contribution in [3.05, 3.63) is 29.3 Å². The molecular formula is C22H31ClN2O5. The minimum absolute atomic E-state index is 0.00331. The van der Waals surface area contributed by atoms with Crippen molar-refractivity contribution < 1.29 is 23.8 Å². The average molecular weight is 439 g/mol. The highest BCUT2D eigenvalue weighted by Gasteiger charge is 2.39. The second kappa shape index (κ2) is 11.0. The van der Waals surface area contributed by atoms with Crippen LogP contribution in [0, 0.1) is 5.41 Å². The highest BCUT2D eigenvalue weighted by Crippen LogP contribution is 2.37. The highest BCUT2D eigenvalue weighted by atomic mass is 35.5. The number of hydrogen-bond acceptors (Lipinski definition) is 5. The molecule has 0 bridgehead atoms. The van der Waals surface area contributed by atoms with Gasteiger partial charge in [0, 0.05) is 49.6 Å². The molecule has 0 saturated carbocycles. The van der Waals surface area contributed by atoms with Crippen LogP contribution in [0.4, 0.5) is 0 Å². The van der Waals surface area contributed by atoms with Crippen LogP contribution in [0.1, 0.15) is 26.2 Å². The lowest BCUT2D eigenvalue weighted by molar-refractivity contribution is -0.142. The van der Waals surface area contributed by atoms with E-state index < -0.39 is 0 Å². The zero-order valence-electron chi connectivity index (χ0n) is 17.6. The number of likely N-dealkylation sites (tertiary alicyclic amines) is 1. The summed E-state index contributed by atoms with van der Waals surface area (Å²) < 4.78 is 16.7. The Balaban J connectivity index is 1.64. The van der Waals surface area contributed by atoms with Crippen LogP contribution in [0.3, 0.4) is 0 Å². The van der Waals surface area contributed by atoms with Crippen molar-refractivity contribution in [2.24, 2.45) is 5.41 Å². The van der Waals surface area contributed by atoms with E-state index in [0.29, 0.717) is 76.9 Å². The maximum Gasteiger partial charge on any atom is 0.248 e. The van der Waals surface area contributed by atoms with Crippen molar-refractivity contribution >= 4 is 23.4 Å². The first kappa shape index (κ1) is 22.8. The first-order chi connectivity index (χ1) is 14.5. The van der Waals surface area contributed by atoms with Gasteiger partial charge in [-0.05, 0) is 44.0 Å². The predicted octanol–water partition coefficient (Wildman–Crippen LogP) is 2.61. The summed E-state index contributed by atoms with van der Waals surface area (Å²) in [6.45, 7) is 6.57. The molecule has 2 amide bonds. The van der Waals surface area contributed by atoms with E-state index in [-0.39, 0.29) is 23.8 Å². The number of morpholine rings is 1. The maximum absolute atomic E-state index is 13.0. The second-order valence-electron chi connectivity index (χ2n) is 7.93. The third kappa shape index (κ3) is 6.33. The van der Waals surface area contributed by atoms with Gasteiger partial charge < -0.3 is 24.0 Å². The van der Waals surface area contributed by atoms with Crippen LogP contribution in [0.25, 0.3) is 0 Å². The predicted molar refractivity (Wildman–Crippen MR) is 114 cm³/mol. The Kier molecular flexibility index (Phi) is 8.36. The molecule has 0 N–H and O–H groups in total. The van der Waals surface area contributed by atoms with Crippen LogP contribution >= 0.6 is 11.6 Å². The first-order valence-electron chi connectivity index (χ1n) is 10.6. The minimum atomic E-state index is -0.308. The minimum Gasteiger partial charge on any atom is -0.493 e. The SMILES string of the molecule is CCOCC(=O)N1CCC(COc2ccc(Cl)cc2)(CC(=O)N2CCOCC2)CC1. The van der Waals surface area contributed by atoms with Crippen LogP contribution in [0.15, 0.2) is 24.3 Å². The van der Waals surface area contributed by atoms with E-state index in [1.165, 1.54) is 0 Å². The Morgan fingerprint density at radius 2 is 1.67 bits per heavy atom. The van der Waals surface area contributed by atoms with Gasteiger partial charge in [-0.15, -0.1) is 0 Å². The monoisotopic (exact) mass is 438 g/mol. The molecule has 0 unspecified atom stereocenters. The molecule has 0 aliphatic carbocycles. The number of halogens is 1. The van der Waals surface area contributed by atoms with Crippen LogP contribution in [-0.4, -0.2) is 80.8 Å². The van der Waals surface area contributed by atoms with Gasteiger partial charge in [-0.1, -0.05) is 11.6 Å². The zero-order valence-corrected chi connectivity index (χ0v) is 18.4. The summed E-state index contributed by atoms with van der Waals surface area (Å²) in [5.74, 6) is 0.864. The fourth-order valence-electron chi connectivity index (χ4n) is 3.90. The van der Waals surface area contributed by atoms with Crippen molar-refractivity contribution in [2.45, 2.75) is 26.2 Å². The van der Waals surface area contributed by atoms with Gasteiger partial charge in [-0.25, -0.2) is 0 Å². The Morgan fingerprint density at radius 3 is 2.30 bits per heavy atom. The number of amides is 2. The van der Waals surface area contributed by atoms with Crippen molar-refractivity contribution in [3.8, 4) is 5.75 Å². The van der Waals surface area contributed by atoms with Crippen molar-refractivity contribution in [2.75, 3.05) is 59.2 Å². The lowest BCUT2D eigenvalue weighted by Gasteiger charge is -2.42. The number of piperidine rings is 1. The fraction of sp³-hybridized carbons (Fsp3) is 0.636. The molecule has 8 heteroatoms. The summed E-state index contributed by atoms with van der Waals surface area (Å²) in [7, 11) is 0. The van der Waals surface area contributed by atoms with Gasteiger partial charge in [0.05, 0.1) is 19.8 Å². The number of carbonyl (C=O) groups is 2. The van der Waals surface area contributed by atoms with E-state index in [0.717, 1.165) is 5.75 Å². The topological polar surface area (TPSA) is 68.3 Å². The average Bonchev–Trinajstić information content (AvgIpc) is 2.78. The molecule has 0 aromatic heterocycles. The number of rotatable bonds is 8. The first-order valence-corrected chi connectivity index (χ1v) is 11.0. The Labute approximate surface area is 183 Å². The van der Waals surface area contributed by atoms with Gasteiger partial charge in [0.15, 0.2) is 0 Å². The summed E-state index contributed by atoms with van der Waals surface area (Å²) in [5, 5.41) is 0.653. The normalized spacial score (nSPS) is 18.9. The smallest absolute Gasteiger partial charge is 0.248 e. The van der Waals surface area contributed by atoms with E-state index in [4.69, 9.17) is 25.8 Å². The summed E-state index contributed by atoms with van der Waals surface area (Å²) >= 11 is 5.96. The van der Waals surface area contributed by atoms with Gasteiger partial charge in [0.25, 0.3) is 0 Å². The second-order valence-corrected chi connectivity index (χ2v) is 8.37. The molecule has 0 spiro atoms. The lowest BCUT2D eigenvalue weighted by Crippen LogP contribution is -2.49. The Morgan fingerprint density at radius 1 is 1.03 bits per heavy atom. The molecule has 2 heterocycles. The zero-order chi connectivity index (χ0) is 21.4.